The molecule has 0 aliphatic carbocycles. The number of anilines is 2. The molecule has 2 aromatic rings. The van der Waals surface area contributed by atoms with Crippen molar-refractivity contribution in [2.45, 2.75) is 0 Å². The summed E-state index contributed by atoms with van der Waals surface area (Å²) in [4.78, 5) is 33.1. The van der Waals surface area contributed by atoms with Crippen LogP contribution in [0.5, 0.6) is 0 Å². The average molecular weight is 369 g/mol. The summed E-state index contributed by atoms with van der Waals surface area (Å²) in [5, 5.41) is 3.06. The molecule has 0 radical (unpaired) electrons. The minimum Gasteiger partial charge on any atom is -0.454 e. The molecule has 1 amide bonds. The number of benzene rings is 1. The van der Waals surface area contributed by atoms with Gasteiger partial charge in [-0.2, -0.15) is 0 Å². The predicted molar refractivity (Wildman–Crippen MR) is 91.4 cm³/mol. The maximum absolute atomic E-state index is 11.8. The van der Waals surface area contributed by atoms with E-state index in [0.29, 0.717) is 16.7 Å². The number of nitrogens with zero attached hydrogens (tertiary/aromatic N) is 3. The molecule has 1 aromatic heterocycles. The summed E-state index contributed by atoms with van der Waals surface area (Å²) in [6.45, 7) is -0.527. The summed E-state index contributed by atoms with van der Waals surface area (Å²) in [6.07, 6.45) is 3.12. The van der Waals surface area contributed by atoms with Crippen LogP contribution in [0.4, 0.5) is 11.6 Å². The number of hydrogen-bond donors (Lipinski definition) is 1. The summed E-state index contributed by atoms with van der Waals surface area (Å²) in [5.41, 5.74) is 0.347. The highest BCUT2D eigenvalue weighted by atomic mass is 35.5. The summed E-state index contributed by atoms with van der Waals surface area (Å²) < 4.78 is 4.91. The van der Waals surface area contributed by atoms with Crippen molar-refractivity contribution in [2.24, 2.45) is 0 Å². The first kappa shape index (κ1) is 18.0. The van der Waals surface area contributed by atoms with Gasteiger partial charge in [-0.15, -0.1) is 0 Å². The minimum absolute atomic E-state index is 0.0881. The Labute approximate surface area is 148 Å². The van der Waals surface area contributed by atoms with Crippen molar-refractivity contribution < 1.29 is 14.3 Å². The van der Waals surface area contributed by atoms with Crippen molar-refractivity contribution in [3.05, 3.63) is 46.7 Å². The minimum atomic E-state index is -0.586. The van der Waals surface area contributed by atoms with Crippen molar-refractivity contribution in [2.75, 3.05) is 30.4 Å². The van der Waals surface area contributed by atoms with Crippen LogP contribution >= 0.6 is 23.2 Å². The molecule has 0 bridgehead atoms. The zero-order chi connectivity index (χ0) is 17.5. The molecule has 0 aliphatic heterocycles. The van der Waals surface area contributed by atoms with Gasteiger partial charge in [-0.1, -0.05) is 29.3 Å². The monoisotopic (exact) mass is 368 g/mol. The molecule has 0 saturated heterocycles. The second-order valence-electron chi connectivity index (χ2n) is 4.72. The molecule has 1 N–H and O–H groups in total. The largest absolute Gasteiger partial charge is 0.454 e. The highest BCUT2D eigenvalue weighted by molar-refractivity contribution is 6.44. The standard InChI is InChI=1S/C15H14Cl2N4O3/c1-21(15-18-6-3-7-19-15)8-13(23)24-9-12(22)20-11-5-2-4-10(16)14(11)17/h2-7H,8-9H2,1H3,(H,20,22). The van der Waals surface area contributed by atoms with Gasteiger partial charge in [0.15, 0.2) is 6.61 Å². The number of likely N-dealkylation sites (N-methyl/N-ethyl adjacent to an activating group) is 1. The van der Waals surface area contributed by atoms with Crippen LogP contribution in [0.2, 0.25) is 10.0 Å². The maximum atomic E-state index is 11.8. The van der Waals surface area contributed by atoms with Crippen LogP contribution < -0.4 is 10.2 Å². The first-order valence-corrected chi connectivity index (χ1v) is 7.60. The van der Waals surface area contributed by atoms with E-state index in [1.165, 1.54) is 4.90 Å². The van der Waals surface area contributed by atoms with Crippen LogP contribution in [0, 0.1) is 0 Å². The zero-order valence-electron chi connectivity index (χ0n) is 12.7. The van der Waals surface area contributed by atoms with E-state index in [2.05, 4.69) is 15.3 Å². The van der Waals surface area contributed by atoms with Crippen LogP contribution in [0.25, 0.3) is 0 Å². The van der Waals surface area contributed by atoms with Crippen molar-refractivity contribution in [1.29, 1.82) is 0 Å². The van der Waals surface area contributed by atoms with Crippen LogP contribution in [-0.2, 0) is 14.3 Å². The molecular formula is C15H14Cl2N4O3. The SMILES string of the molecule is CN(CC(=O)OCC(=O)Nc1cccc(Cl)c1Cl)c1ncccn1. The van der Waals surface area contributed by atoms with E-state index >= 15 is 0 Å². The normalized spacial score (nSPS) is 10.1. The molecule has 0 unspecified atom stereocenters. The molecule has 0 saturated carbocycles. The number of carbonyl (C=O) groups is 2. The van der Waals surface area contributed by atoms with Crippen molar-refractivity contribution in [3.63, 3.8) is 0 Å². The van der Waals surface area contributed by atoms with Crippen molar-refractivity contribution in [3.8, 4) is 0 Å². The molecule has 2 rings (SSSR count). The second kappa shape index (κ2) is 8.47. The van der Waals surface area contributed by atoms with Crippen molar-refractivity contribution in [1.82, 2.24) is 9.97 Å². The van der Waals surface area contributed by atoms with Crippen LogP contribution in [-0.4, -0.2) is 42.0 Å². The molecule has 0 fully saturated rings. The Kier molecular flexibility index (Phi) is 6.34. The lowest BCUT2D eigenvalue weighted by molar-refractivity contribution is -0.145. The molecule has 0 spiro atoms. The lowest BCUT2D eigenvalue weighted by Crippen LogP contribution is -2.30. The van der Waals surface area contributed by atoms with Crippen LogP contribution in [0.15, 0.2) is 36.7 Å². The fourth-order valence-electron chi connectivity index (χ4n) is 1.73. The van der Waals surface area contributed by atoms with Gasteiger partial charge in [-0.05, 0) is 18.2 Å². The van der Waals surface area contributed by atoms with Crippen LogP contribution in [0.1, 0.15) is 0 Å². The van der Waals surface area contributed by atoms with Crippen molar-refractivity contribution >= 4 is 46.7 Å². The smallest absolute Gasteiger partial charge is 0.326 e. The molecule has 0 atom stereocenters. The third-order valence-electron chi connectivity index (χ3n) is 2.85. The van der Waals surface area contributed by atoms with E-state index in [9.17, 15) is 9.59 Å². The topological polar surface area (TPSA) is 84.4 Å². The summed E-state index contributed by atoms with van der Waals surface area (Å²) >= 11 is 11.8. The Balaban J connectivity index is 1.81. The van der Waals surface area contributed by atoms with E-state index < -0.39 is 18.5 Å². The third kappa shape index (κ3) is 5.07. The maximum Gasteiger partial charge on any atom is 0.326 e. The zero-order valence-corrected chi connectivity index (χ0v) is 14.2. The molecule has 1 aromatic carbocycles. The van der Waals surface area contributed by atoms with Gasteiger partial charge in [0.2, 0.25) is 5.95 Å². The van der Waals surface area contributed by atoms with Gasteiger partial charge in [0.25, 0.3) is 5.91 Å². The highest BCUT2D eigenvalue weighted by Gasteiger charge is 2.13. The summed E-state index contributed by atoms with van der Waals surface area (Å²) in [7, 11) is 1.64. The van der Waals surface area contributed by atoms with Gasteiger partial charge in [-0.3, -0.25) is 9.59 Å². The number of nitrogens with one attached hydrogen (secondary N) is 1. The van der Waals surface area contributed by atoms with E-state index in [4.69, 9.17) is 27.9 Å². The first-order valence-electron chi connectivity index (χ1n) is 6.85. The average Bonchev–Trinajstić information content (AvgIpc) is 2.58. The first-order chi connectivity index (χ1) is 11.5. The molecule has 24 heavy (non-hydrogen) atoms. The van der Waals surface area contributed by atoms with E-state index in [1.807, 2.05) is 0 Å². The van der Waals surface area contributed by atoms with E-state index in [-0.39, 0.29) is 11.6 Å². The van der Waals surface area contributed by atoms with Gasteiger partial charge in [0, 0.05) is 19.4 Å². The number of esters is 1. The number of rotatable bonds is 6. The second-order valence-corrected chi connectivity index (χ2v) is 5.50. The Morgan fingerprint density at radius 1 is 1.21 bits per heavy atom. The van der Waals surface area contributed by atoms with E-state index in [1.54, 1.807) is 43.7 Å². The van der Waals surface area contributed by atoms with Gasteiger partial charge in [0.1, 0.15) is 6.54 Å². The Morgan fingerprint density at radius 2 is 1.92 bits per heavy atom. The van der Waals surface area contributed by atoms with Gasteiger partial charge in [0.05, 0.1) is 15.7 Å². The number of halogens is 2. The fraction of sp³-hybridized carbons (Fsp3) is 0.200. The van der Waals surface area contributed by atoms with Gasteiger partial charge >= 0.3 is 5.97 Å². The fourth-order valence-corrected chi connectivity index (χ4v) is 2.08. The number of amides is 1. The molecular weight excluding hydrogens is 355 g/mol. The van der Waals surface area contributed by atoms with Gasteiger partial charge < -0.3 is 15.0 Å². The summed E-state index contributed by atoms with van der Waals surface area (Å²) in [5.74, 6) is -0.729. The molecule has 0 aliphatic rings. The molecule has 9 heteroatoms. The summed E-state index contributed by atoms with van der Waals surface area (Å²) in [6, 6.07) is 6.50. The lowest BCUT2D eigenvalue weighted by Gasteiger charge is -2.15. The number of hydrogen-bond acceptors (Lipinski definition) is 6. The number of carbonyl (C=O) groups excluding carboxylic acids is 2. The number of aromatic nitrogens is 2. The molecule has 126 valence electrons. The third-order valence-corrected chi connectivity index (χ3v) is 3.67. The Morgan fingerprint density at radius 3 is 2.62 bits per heavy atom. The number of ether oxygens (including phenoxy) is 1. The van der Waals surface area contributed by atoms with Gasteiger partial charge in [-0.25, -0.2) is 9.97 Å². The quantitative estimate of drug-likeness (QED) is 0.788. The molecule has 1 heterocycles. The Bertz CT molecular complexity index is 728. The highest BCUT2D eigenvalue weighted by Crippen LogP contribution is 2.29. The predicted octanol–water partition coefficient (Wildman–Crippen LogP) is 2.40. The molecule has 7 nitrogen and oxygen atoms in total. The lowest BCUT2D eigenvalue weighted by atomic mass is 10.3. The van der Waals surface area contributed by atoms with E-state index in [0.717, 1.165) is 0 Å². The Hall–Kier alpha value is -2.38. The van der Waals surface area contributed by atoms with Crippen LogP contribution in [0.3, 0.4) is 0 Å².